The third kappa shape index (κ3) is 5.43. The predicted octanol–water partition coefficient (Wildman–Crippen LogP) is 2.59. The predicted molar refractivity (Wildman–Crippen MR) is 92.2 cm³/mol. The molecule has 0 aliphatic heterocycles. The normalized spacial score (nSPS) is 15.4. The summed E-state index contributed by atoms with van der Waals surface area (Å²) in [5.41, 5.74) is 7.84. The summed E-state index contributed by atoms with van der Waals surface area (Å²) in [5.74, 6) is -0.530. The van der Waals surface area contributed by atoms with Crippen molar-refractivity contribution in [2.45, 2.75) is 45.1 Å². The van der Waals surface area contributed by atoms with Crippen molar-refractivity contribution < 1.29 is 9.59 Å². The van der Waals surface area contributed by atoms with Gasteiger partial charge in [0.15, 0.2) is 0 Å². The maximum absolute atomic E-state index is 12.1. The number of rotatable bonds is 7. The first kappa shape index (κ1) is 17.1. The van der Waals surface area contributed by atoms with E-state index in [4.69, 9.17) is 5.73 Å². The highest BCUT2D eigenvalue weighted by molar-refractivity contribution is 5.94. The SMILES string of the molecule is CC(Nc1cccc(C(N)=O)c1)C(=O)NCCC1=CCCCC1. The zero-order valence-corrected chi connectivity index (χ0v) is 13.6. The van der Waals surface area contributed by atoms with Crippen LogP contribution in [0.4, 0.5) is 5.69 Å². The van der Waals surface area contributed by atoms with E-state index in [0.717, 1.165) is 19.3 Å². The minimum Gasteiger partial charge on any atom is -0.374 e. The largest absolute Gasteiger partial charge is 0.374 e. The molecule has 0 saturated carbocycles. The number of hydrogen-bond acceptors (Lipinski definition) is 3. The smallest absolute Gasteiger partial charge is 0.248 e. The number of primary amides is 1. The number of allylic oxidation sites excluding steroid dienone is 1. The van der Waals surface area contributed by atoms with Crippen LogP contribution in [0.1, 0.15) is 49.4 Å². The molecule has 1 aliphatic carbocycles. The molecule has 0 fully saturated rings. The van der Waals surface area contributed by atoms with E-state index in [0.29, 0.717) is 17.8 Å². The van der Waals surface area contributed by atoms with Crippen molar-refractivity contribution in [1.29, 1.82) is 0 Å². The van der Waals surface area contributed by atoms with E-state index >= 15 is 0 Å². The van der Waals surface area contributed by atoms with Crippen molar-refractivity contribution in [2.24, 2.45) is 5.73 Å². The molecule has 5 nitrogen and oxygen atoms in total. The molecule has 1 aromatic carbocycles. The van der Waals surface area contributed by atoms with E-state index in [1.807, 2.05) is 6.07 Å². The Hall–Kier alpha value is -2.30. The molecule has 23 heavy (non-hydrogen) atoms. The van der Waals surface area contributed by atoms with E-state index in [1.165, 1.54) is 18.4 Å². The van der Waals surface area contributed by atoms with Crippen molar-refractivity contribution in [1.82, 2.24) is 5.32 Å². The zero-order chi connectivity index (χ0) is 16.7. The first-order chi connectivity index (χ1) is 11.1. The van der Waals surface area contributed by atoms with E-state index in [-0.39, 0.29) is 11.9 Å². The Labute approximate surface area is 137 Å². The molecule has 0 radical (unpaired) electrons. The van der Waals surface area contributed by atoms with Crippen molar-refractivity contribution >= 4 is 17.5 Å². The van der Waals surface area contributed by atoms with Crippen molar-refractivity contribution in [3.8, 4) is 0 Å². The standard InChI is InChI=1S/C18H25N3O2/c1-13(21-16-9-5-8-15(12-16)17(19)22)18(23)20-11-10-14-6-3-2-4-7-14/h5-6,8-9,12-13,21H,2-4,7,10-11H2,1H3,(H2,19,22)(H,20,23). The Morgan fingerprint density at radius 2 is 2.13 bits per heavy atom. The van der Waals surface area contributed by atoms with Crippen LogP contribution < -0.4 is 16.4 Å². The molecule has 0 spiro atoms. The zero-order valence-electron chi connectivity index (χ0n) is 13.6. The van der Waals surface area contributed by atoms with Gasteiger partial charge in [0.05, 0.1) is 0 Å². The molecule has 4 N–H and O–H groups in total. The highest BCUT2D eigenvalue weighted by Crippen LogP contribution is 2.19. The second-order valence-electron chi connectivity index (χ2n) is 5.96. The van der Waals surface area contributed by atoms with Gasteiger partial charge in [-0.2, -0.15) is 0 Å². The molecule has 0 bridgehead atoms. The van der Waals surface area contributed by atoms with E-state index in [1.54, 1.807) is 25.1 Å². The Kier molecular flexibility index (Phi) is 6.20. The quantitative estimate of drug-likeness (QED) is 0.676. The van der Waals surface area contributed by atoms with Crippen molar-refractivity contribution in [3.63, 3.8) is 0 Å². The summed E-state index contributed by atoms with van der Waals surface area (Å²) in [6.45, 7) is 2.46. The molecule has 1 aromatic rings. The Morgan fingerprint density at radius 1 is 1.30 bits per heavy atom. The molecule has 2 amide bonds. The first-order valence-corrected chi connectivity index (χ1v) is 8.18. The fourth-order valence-corrected chi connectivity index (χ4v) is 2.71. The van der Waals surface area contributed by atoms with Gasteiger partial charge in [0.25, 0.3) is 0 Å². The average molecular weight is 315 g/mol. The number of carbonyl (C=O) groups is 2. The Balaban J connectivity index is 1.79. The summed E-state index contributed by atoms with van der Waals surface area (Å²) < 4.78 is 0. The molecule has 124 valence electrons. The van der Waals surface area contributed by atoms with Crippen LogP contribution >= 0.6 is 0 Å². The van der Waals surface area contributed by atoms with Crippen LogP contribution in [0.5, 0.6) is 0 Å². The average Bonchev–Trinajstić information content (AvgIpc) is 2.56. The Morgan fingerprint density at radius 3 is 2.83 bits per heavy atom. The third-order valence-electron chi connectivity index (χ3n) is 4.05. The number of hydrogen-bond donors (Lipinski definition) is 3. The molecular formula is C18H25N3O2. The summed E-state index contributed by atoms with van der Waals surface area (Å²) in [6.07, 6.45) is 8.08. The van der Waals surface area contributed by atoms with Crippen LogP contribution in [0, 0.1) is 0 Å². The summed E-state index contributed by atoms with van der Waals surface area (Å²) in [6, 6.07) is 6.47. The van der Waals surface area contributed by atoms with Crippen molar-refractivity contribution in [2.75, 3.05) is 11.9 Å². The van der Waals surface area contributed by atoms with Crippen LogP contribution in [0.3, 0.4) is 0 Å². The molecule has 0 heterocycles. The second kappa shape index (κ2) is 8.36. The van der Waals surface area contributed by atoms with E-state index in [9.17, 15) is 9.59 Å². The van der Waals surface area contributed by atoms with Crippen LogP contribution in [-0.2, 0) is 4.79 Å². The third-order valence-corrected chi connectivity index (χ3v) is 4.05. The van der Waals surface area contributed by atoms with Gasteiger partial charge >= 0.3 is 0 Å². The number of nitrogens with one attached hydrogen (secondary N) is 2. The molecule has 0 saturated heterocycles. The number of benzene rings is 1. The fraction of sp³-hybridized carbons (Fsp3) is 0.444. The molecule has 1 unspecified atom stereocenters. The monoisotopic (exact) mass is 315 g/mol. The van der Waals surface area contributed by atoms with Gasteiger partial charge in [-0.25, -0.2) is 0 Å². The molecule has 0 aromatic heterocycles. The molecule has 2 rings (SSSR count). The minimum atomic E-state index is -0.480. The van der Waals surface area contributed by atoms with Crippen molar-refractivity contribution in [3.05, 3.63) is 41.5 Å². The lowest BCUT2D eigenvalue weighted by atomic mass is 9.97. The summed E-state index contributed by atoms with van der Waals surface area (Å²) in [4.78, 5) is 23.3. The number of amides is 2. The van der Waals surface area contributed by atoms with Gasteiger partial charge in [-0.05, 0) is 57.2 Å². The number of anilines is 1. The molecule has 1 aliphatic rings. The van der Waals surface area contributed by atoms with Gasteiger partial charge < -0.3 is 16.4 Å². The van der Waals surface area contributed by atoms with Crippen LogP contribution in [0.2, 0.25) is 0 Å². The molecular weight excluding hydrogens is 290 g/mol. The lowest BCUT2D eigenvalue weighted by Crippen LogP contribution is -2.38. The van der Waals surface area contributed by atoms with Gasteiger partial charge in [-0.3, -0.25) is 9.59 Å². The van der Waals surface area contributed by atoms with Gasteiger partial charge in [-0.1, -0.05) is 17.7 Å². The number of nitrogens with two attached hydrogens (primary N) is 1. The van der Waals surface area contributed by atoms with Gasteiger partial charge in [0.2, 0.25) is 11.8 Å². The second-order valence-corrected chi connectivity index (χ2v) is 5.96. The van der Waals surface area contributed by atoms with Gasteiger partial charge in [0.1, 0.15) is 6.04 Å². The van der Waals surface area contributed by atoms with Gasteiger partial charge in [0, 0.05) is 17.8 Å². The summed E-state index contributed by atoms with van der Waals surface area (Å²) >= 11 is 0. The van der Waals surface area contributed by atoms with Gasteiger partial charge in [-0.15, -0.1) is 0 Å². The highest BCUT2D eigenvalue weighted by atomic mass is 16.2. The lowest BCUT2D eigenvalue weighted by Gasteiger charge is -2.17. The first-order valence-electron chi connectivity index (χ1n) is 8.18. The van der Waals surface area contributed by atoms with E-state index in [2.05, 4.69) is 16.7 Å². The Bertz CT molecular complexity index is 596. The maximum Gasteiger partial charge on any atom is 0.248 e. The van der Waals surface area contributed by atoms with Crippen LogP contribution in [-0.4, -0.2) is 24.4 Å². The lowest BCUT2D eigenvalue weighted by molar-refractivity contribution is -0.121. The highest BCUT2D eigenvalue weighted by Gasteiger charge is 2.13. The maximum atomic E-state index is 12.1. The summed E-state index contributed by atoms with van der Waals surface area (Å²) in [7, 11) is 0. The van der Waals surface area contributed by atoms with Crippen LogP contribution in [0.25, 0.3) is 0 Å². The summed E-state index contributed by atoms with van der Waals surface area (Å²) in [5, 5.41) is 6.04. The molecule has 5 heteroatoms. The van der Waals surface area contributed by atoms with Crippen LogP contribution in [0.15, 0.2) is 35.9 Å². The fourth-order valence-electron chi connectivity index (χ4n) is 2.71. The number of carbonyl (C=O) groups excluding carboxylic acids is 2. The topological polar surface area (TPSA) is 84.2 Å². The minimum absolute atomic E-state index is 0.0501. The molecule has 1 atom stereocenters. The van der Waals surface area contributed by atoms with E-state index < -0.39 is 5.91 Å².